The van der Waals surface area contributed by atoms with Crippen molar-refractivity contribution in [3.8, 4) is 0 Å². The number of hydrogen-bond acceptors (Lipinski definition) is 2. The normalized spacial score (nSPS) is 16.1. The van der Waals surface area contributed by atoms with Crippen LogP contribution in [-0.4, -0.2) is 17.4 Å². The molecule has 0 atom stereocenters. The third kappa shape index (κ3) is 2.36. The predicted octanol–water partition coefficient (Wildman–Crippen LogP) is 1.27. The Kier molecular flexibility index (Phi) is 3.02. The van der Waals surface area contributed by atoms with Crippen LogP contribution in [-0.2, 0) is 17.9 Å². The Hall–Kier alpha value is -1.35. The summed E-state index contributed by atoms with van der Waals surface area (Å²) in [7, 11) is 0. The van der Waals surface area contributed by atoms with Gasteiger partial charge in [0, 0.05) is 26.1 Å². The van der Waals surface area contributed by atoms with Gasteiger partial charge in [-0.2, -0.15) is 0 Å². The van der Waals surface area contributed by atoms with Crippen molar-refractivity contribution in [2.24, 2.45) is 5.73 Å². The van der Waals surface area contributed by atoms with Crippen LogP contribution in [0.2, 0.25) is 0 Å². The molecule has 15 heavy (non-hydrogen) atoms. The second-order valence-electron chi connectivity index (χ2n) is 3.94. The standard InChI is InChI=1S/C12H16N2O/c13-8-10-3-5-11(6-4-10)9-14-7-1-2-12(14)15/h3-6H,1-2,7-9,13H2. The minimum atomic E-state index is 0.276. The molecule has 1 aromatic rings. The van der Waals surface area contributed by atoms with E-state index in [4.69, 9.17) is 5.73 Å². The number of hydrogen-bond donors (Lipinski definition) is 1. The summed E-state index contributed by atoms with van der Waals surface area (Å²) < 4.78 is 0. The quantitative estimate of drug-likeness (QED) is 0.806. The van der Waals surface area contributed by atoms with Gasteiger partial charge in [0.15, 0.2) is 0 Å². The Labute approximate surface area is 89.9 Å². The monoisotopic (exact) mass is 204 g/mol. The van der Waals surface area contributed by atoms with Crippen LogP contribution in [0.1, 0.15) is 24.0 Å². The van der Waals surface area contributed by atoms with Crippen molar-refractivity contribution in [3.63, 3.8) is 0 Å². The first kappa shape index (κ1) is 10.2. The van der Waals surface area contributed by atoms with Crippen LogP contribution in [0.5, 0.6) is 0 Å². The van der Waals surface area contributed by atoms with Gasteiger partial charge >= 0.3 is 0 Å². The maximum Gasteiger partial charge on any atom is 0.222 e. The fraction of sp³-hybridized carbons (Fsp3) is 0.417. The number of rotatable bonds is 3. The van der Waals surface area contributed by atoms with Crippen LogP contribution in [0.3, 0.4) is 0 Å². The van der Waals surface area contributed by atoms with E-state index in [1.54, 1.807) is 0 Å². The number of benzene rings is 1. The fourth-order valence-electron chi connectivity index (χ4n) is 1.87. The maximum absolute atomic E-state index is 11.4. The largest absolute Gasteiger partial charge is 0.338 e. The lowest BCUT2D eigenvalue weighted by atomic mass is 10.1. The van der Waals surface area contributed by atoms with Gasteiger partial charge in [-0.05, 0) is 17.5 Å². The van der Waals surface area contributed by atoms with E-state index in [0.717, 1.165) is 25.1 Å². The van der Waals surface area contributed by atoms with Gasteiger partial charge in [-0.15, -0.1) is 0 Å². The van der Waals surface area contributed by atoms with E-state index in [1.807, 2.05) is 29.2 Å². The number of nitrogens with zero attached hydrogens (tertiary/aromatic N) is 1. The van der Waals surface area contributed by atoms with E-state index in [9.17, 15) is 4.79 Å². The molecule has 0 saturated carbocycles. The molecule has 0 bridgehead atoms. The highest BCUT2D eigenvalue weighted by Crippen LogP contribution is 2.14. The van der Waals surface area contributed by atoms with E-state index in [0.29, 0.717) is 13.0 Å². The lowest BCUT2D eigenvalue weighted by molar-refractivity contribution is -0.128. The van der Waals surface area contributed by atoms with Crippen LogP contribution in [0.15, 0.2) is 24.3 Å². The Balaban J connectivity index is 2.01. The number of carbonyl (C=O) groups is 1. The summed E-state index contributed by atoms with van der Waals surface area (Å²) in [6.07, 6.45) is 1.71. The average molecular weight is 204 g/mol. The van der Waals surface area contributed by atoms with Gasteiger partial charge in [-0.3, -0.25) is 4.79 Å². The smallest absolute Gasteiger partial charge is 0.222 e. The molecule has 1 aliphatic heterocycles. The second-order valence-corrected chi connectivity index (χ2v) is 3.94. The summed E-state index contributed by atoms with van der Waals surface area (Å²) in [5.74, 6) is 0.276. The zero-order chi connectivity index (χ0) is 10.7. The Morgan fingerprint density at radius 2 is 1.87 bits per heavy atom. The molecule has 1 heterocycles. The SMILES string of the molecule is NCc1ccc(CN2CCCC2=O)cc1. The Bertz CT molecular complexity index is 345. The van der Waals surface area contributed by atoms with E-state index in [-0.39, 0.29) is 5.91 Å². The van der Waals surface area contributed by atoms with E-state index in [2.05, 4.69) is 0 Å². The molecule has 2 rings (SSSR count). The highest BCUT2D eigenvalue weighted by molar-refractivity contribution is 5.78. The molecule has 3 nitrogen and oxygen atoms in total. The molecule has 80 valence electrons. The second kappa shape index (κ2) is 4.45. The van der Waals surface area contributed by atoms with Gasteiger partial charge in [-0.1, -0.05) is 24.3 Å². The van der Waals surface area contributed by atoms with E-state index >= 15 is 0 Å². The highest BCUT2D eigenvalue weighted by Gasteiger charge is 2.19. The van der Waals surface area contributed by atoms with Crippen LogP contribution >= 0.6 is 0 Å². The molecule has 1 aromatic carbocycles. The van der Waals surface area contributed by atoms with Crippen LogP contribution in [0.25, 0.3) is 0 Å². The molecule has 3 heteroatoms. The van der Waals surface area contributed by atoms with Crippen LogP contribution < -0.4 is 5.73 Å². The molecule has 1 fully saturated rings. The van der Waals surface area contributed by atoms with Crippen molar-refractivity contribution in [1.29, 1.82) is 0 Å². The lowest BCUT2D eigenvalue weighted by Crippen LogP contribution is -2.23. The first-order valence-corrected chi connectivity index (χ1v) is 5.35. The van der Waals surface area contributed by atoms with Gasteiger partial charge in [0.2, 0.25) is 5.91 Å². The molecule has 2 N–H and O–H groups in total. The van der Waals surface area contributed by atoms with Gasteiger partial charge in [0.1, 0.15) is 0 Å². The molecular formula is C12H16N2O. The van der Waals surface area contributed by atoms with Crippen LogP contribution in [0.4, 0.5) is 0 Å². The third-order valence-electron chi connectivity index (χ3n) is 2.80. The van der Waals surface area contributed by atoms with Crippen molar-refractivity contribution in [2.75, 3.05) is 6.54 Å². The summed E-state index contributed by atoms with van der Waals surface area (Å²) in [5.41, 5.74) is 7.83. The first-order chi connectivity index (χ1) is 7.29. The molecule has 0 aliphatic carbocycles. The number of carbonyl (C=O) groups excluding carboxylic acids is 1. The maximum atomic E-state index is 11.4. The molecule has 1 saturated heterocycles. The van der Waals surface area contributed by atoms with Crippen molar-refractivity contribution in [2.45, 2.75) is 25.9 Å². The summed E-state index contributed by atoms with van der Waals surface area (Å²) in [4.78, 5) is 13.3. The number of nitrogens with two attached hydrogens (primary N) is 1. The summed E-state index contributed by atoms with van der Waals surface area (Å²) in [6.45, 7) is 2.21. The highest BCUT2D eigenvalue weighted by atomic mass is 16.2. The minimum absolute atomic E-state index is 0.276. The topological polar surface area (TPSA) is 46.3 Å². The van der Waals surface area contributed by atoms with E-state index in [1.165, 1.54) is 5.56 Å². The zero-order valence-electron chi connectivity index (χ0n) is 8.78. The molecule has 0 aromatic heterocycles. The number of amides is 1. The fourth-order valence-corrected chi connectivity index (χ4v) is 1.87. The minimum Gasteiger partial charge on any atom is -0.338 e. The third-order valence-corrected chi connectivity index (χ3v) is 2.80. The average Bonchev–Trinajstić information content (AvgIpc) is 2.66. The first-order valence-electron chi connectivity index (χ1n) is 5.35. The Morgan fingerprint density at radius 1 is 1.20 bits per heavy atom. The molecular weight excluding hydrogens is 188 g/mol. The van der Waals surface area contributed by atoms with Gasteiger partial charge in [0.05, 0.1) is 0 Å². The molecule has 0 unspecified atom stereocenters. The summed E-state index contributed by atoms with van der Waals surface area (Å²) in [6, 6.07) is 8.15. The van der Waals surface area contributed by atoms with Crippen molar-refractivity contribution < 1.29 is 4.79 Å². The molecule has 1 amide bonds. The van der Waals surface area contributed by atoms with Gasteiger partial charge < -0.3 is 10.6 Å². The number of likely N-dealkylation sites (tertiary alicyclic amines) is 1. The summed E-state index contributed by atoms with van der Waals surface area (Å²) >= 11 is 0. The van der Waals surface area contributed by atoms with Gasteiger partial charge in [0.25, 0.3) is 0 Å². The molecule has 1 aliphatic rings. The van der Waals surface area contributed by atoms with Crippen LogP contribution in [0, 0.1) is 0 Å². The molecule has 0 spiro atoms. The zero-order valence-corrected chi connectivity index (χ0v) is 8.78. The van der Waals surface area contributed by atoms with Crippen molar-refractivity contribution in [3.05, 3.63) is 35.4 Å². The predicted molar refractivity (Wildman–Crippen MR) is 59.0 cm³/mol. The van der Waals surface area contributed by atoms with E-state index < -0.39 is 0 Å². The van der Waals surface area contributed by atoms with Crippen molar-refractivity contribution >= 4 is 5.91 Å². The Morgan fingerprint density at radius 3 is 2.40 bits per heavy atom. The van der Waals surface area contributed by atoms with Gasteiger partial charge in [-0.25, -0.2) is 0 Å². The molecule has 0 radical (unpaired) electrons. The summed E-state index contributed by atoms with van der Waals surface area (Å²) in [5, 5.41) is 0. The van der Waals surface area contributed by atoms with Crippen molar-refractivity contribution in [1.82, 2.24) is 4.90 Å². The lowest BCUT2D eigenvalue weighted by Gasteiger charge is -2.15.